The molecule has 0 radical (unpaired) electrons. The Balaban J connectivity index is 1.07. The Kier molecular flexibility index (Phi) is 14.7. The first-order chi connectivity index (χ1) is 46.7. The standard InChI is InChI=1S/C81H50F3N11/c82-81(83,84)61-47-64(79-85-66(51-25-9-1-10-26-51)49-67(86-79)52-27-11-2-12-28-52)72(65(48-61)80-87-68(53-29-13-3-14-30-53)50-69(88-80)54-31-15-4-16-32-54)95-70-45-59(77-91-73(55-33-17-5-18-34-55)89-74(92-77)56-35-19-6-20-36-56)41-43-62(70)63-44-42-60(46-71(63)95)78-93-75(57-37-21-7-22-38-57)90-76(94-78)58-39-23-8-24-40-58/h1-50H. The molecule has 0 atom stereocenters. The van der Waals surface area contributed by atoms with Crippen LogP contribution in [0.5, 0.6) is 0 Å². The first kappa shape index (κ1) is 57.4. The zero-order chi connectivity index (χ0) is 63.8. The minimum atomic E-state index is -4.92. The van der Waals surface area contributed by atoms with E-state index in [9.17, 15) is 0 Å². The predicted molar refractivity (Wildman–Crippen MR) is 369 cm³/mol. The SMILES string of the molecule is FC(F)(F)c1cc(-c2nc(-c3ccccc3)cc(-c3ccccc3)n2)c(-n2c3cc(-c4nc(-c5ccccc5)nc(-c5ccccc5)n4)ccc3c3ccc(-c4nc(-c5ccccc5)nc(-c5ccccc5)n4)cc32)c(-c2nc(-c3ccccc3)cc(-c3ccccc3)n2)c1. The topological polar surface area (TPSA) is 134 Å². The lowest BCUT2D eigenvalue weighted by atomic mass is 9.98. The normalized spacial score (nSPS) is 11.5. The fourth-order valence-corrected chi connectivity index (χ4v) is 12.0. The molecule has 16 aromatic rings. The number of hydrogen-bond donors (Lipinski definition) is 0. The van der Waals surface area contributed by atoms with Gasteiger partial charge in [0, 0.05) is 77.5 Å². The van der Waals surface area contributed by atoms with Gasteiger partial charge in [-0.15, -0.1) is 0 Å². The van der Waals surface area contributed by atoms with Gasteiger partial charge in [-0.05, 0) is 36.4 Å². The van der Waals surface area contributed by atoms with Crippen molar-refractivity contribution in [3.05, 3.63) is 309 Å². The van der Waals surface area contributed by atoms with Crippen molar-refractivity contribution in [1.29, 1.82) is 0 Å². The van der Waals surface area contributed by atoms with Gasteiger partial charge in [-0.1, -0.05) is 267 Å². The maximum Gasteiger partial charge on any atom is 0.416 e. The minimum Gasteiger partial charge on any atom is -0.308 e. The zero-order valence-corrected chi connectivity index (χ0v) is 50.4. The molecule has 0 aliphatic carbocycles. The van der Waals surface area contributed by atoms with Crippen LogP contribution in [0.15, 0.2) is 303 Å². The van der Waals surface area contributed by atoms with Crippen LogP contribution in [-0.2, 0) is 6.18 Å². The van der Waals surface area contributed by atoms with Crippen LogP contribution in [0.4, 0.5) is 13.2 Å². The van der Waals surface area contributed by atoms with E-state index in [1.807, 2.05) is 296 Å². The van der Waals surface area contributed by atoms with E-state index in [2.05, 4.69) is 0 Å². The molecule has 0 saturated heterocycles. The molecule has 450 valence electrons. The fourth-order valence-electron chi connectivity index (χ4n) is 12.0. The molecule has 16 rings (SSSR count). The second kappa shape index (κ2) is 24.4. The highest BCUT2D eigenvalue weighted by Crippen LogP contribution is 2.47. The average molecular weight is 1230 g/mol. The summed E-state index contributed by atoms with van der Waals surface area (Å²) in [6.45, 7) is 0. The summed E-state index contributed by atoms with van der Waals surface area (Å²) >= 11 is 0. The Labute approximate surface area is 543 Å². The van der Waals surface area contributed by atoms with E-state index in [0.29, 0.717) is 79.9 Å². The first-order valence-corrected chi connectivity index (χ1v) is 30.8. The van der Waals surface area contributed by atoms with Crippen LogP contribution in [0.1, 0.15) is 5.56 Å². The molecule has 95 heavy (non-hydrogen) atoms. The predicted octanol–water partition coefficient (Wildman–Crippen LogP) is 19.8. The van der Waals surface area contributed by atoms with E-state index in [0.717, 1.165) is 67.4 Å². The summed E-state index contributed by atoms with van der Waals surface area (Å²) in [5.41, 5.74) is 9.59. The number of aromatic nitrogens is 11. The summed E-state index contributed by atoms with van der Waals surface area (Å²) in [5.74, 6) is 2.52. The van der Waals surface area contributed by atoms with Gasteiger partial charge in [-0.25, -0.2) is 49.8 Å². The van der Waals surface area contributed by atoms with Crippen molar-refractivity contribution in [2.24, 2.45) is 0 Å². The molecule has 0 spiro atoms. The number of halogens is 3. The largest absolute Gasteiger partial charge is 0.416 e. The highest BCUT2D eigenvalue weighted by atomic mass is 19.4. The third-order valence-electron chi connectivity index (χ3n) is 16.6. The van der Waals surface area contributed by atoms with Crippen LogP contribution in [0.2, 0.25) is 0 Å². The van der Waals surface area contributed by atoms with Crippen molar-refractivity contribution in [3.63, 3.8) is 0 Å². The fraction of sp³-hybridized carbons (Fsp3) is 0.0123. The van der Waals surface area contributed by atoms with Crippen molar-refractivity contribution < 1.29 is 13.2 Å². The van der Waals surface area contributed by atoms with Gasteiger partial charge in [0.2, 0.25) is 0 Å². The Morgan fingerprint density at radius 3 is 0.716 bits per heavy atom. The number of benzene rings is 11. The second-order valence-corrected chi connectivity index (χ2v) is 22.7. The van der Waals surface area contributed by atoms with Crippen LogP contribution in [0.25, 0.3) is 164 Å². The van der Waals surface area contributed by atoms with E-state index in [4.69, 9.17) is 49.8 Å². The number of rotatable bonds is 13. The lowest BCUT2D eigenvalue weighted by molar-refractivity contribution is -0.137. The molecule has 11 nitrogen and oxygen atoms in total. The molecule has 5 aromatic heterocycles. The quantitative estimate of drug-likeness (QED) is 0.110. The van der Waals surface area contributed by atoms with Crippen LogP contribution in [-0.4, -0.2) is 54.4 Å². The number of nitrogens with zero attached hydrogens (tertiary/aromatic N) is 11. The van der Waals surface area contributed by atoms with Crippen molar-refractivity contribution >= 4 is 21.8 Å². The summed E-state index contributed by atoms with van der Waals surface area (Å²) in [6.07, 6.45) is -4.92. The first-order valence-electron chi connectivity index (χ1n) is 30.8. The number of fused-ring (bicyclic) bond motifs is 3. The molecule has 0 bridgehead atoms. The molecule has 5 heterocycles. The molecule has 0 unspecified atom stereocenters. The van der Waals surface area contributed by atoms with E-state index in [1.165, 1.54) is 0 Å². The summed E-state index contributed by atoms with van der Waals surface area (Å²) in [7, 11) is 0. The van der Waals surface area contributed by atoms with E-state index < -0.39 is 11.7 Å². The van der Waals surface area contributed by atoms with Gasteiger partial charge in [-0.2, -0.15) is 13.2 Å². The third-order valence-corrected chi connectivity index (χ3v) is 16.6. The van der Waals surface area contributed by atoms with Gasteiger partial charge < -0.3 is 4.57 Å². The van der Waals surface area contributed by atoms with Crippen LogP contribution >= 0.6 is 0 Å². The molecule has 0 amide bonds. The molecule has 0 fully saturated rings. The molecule has 0 aliphatic heterocycles. The molecular formula is C81H50F3N11. The van der Waals surface area contributed by atoms with Crippen LogP contribution in [0.3, 0.4) is 0 Å². The number of hydrogen-bond acceptors (Lipinski definition) is 10. The highest BCUT2D eigenvalue weighted by molar-refractivity contribution is 6.12. The monoisotopic (exact) mass is 1230 g/mol. The van der Waals surface area contributed by atoms with E-state index >= 15 is 13.2 Å². The molecular weight excluding hydrogens is 1180 g/mol. The molecule has 0 saturated carbocycles. The summed E-state index contributed by atoms with van der Waals surface area (Å²) in [4.78, 5) is 52.1. The Hall–Kier alpha value is -12.8. The van der Waals surface area contributed by atoms with Gasteiger partial charge in [-0.3, -0.25) is 0 Å². The van der Waals surface area contributed by atoms with E-state index in [-0.39, 0.29) is 28.5 Å². The molecule has 14 heteroatoms. The summed E-state index contributed by atoms with van der Waals surface area (Å²) in [5, 5.41) is 1.48. The van der Waals surface area contributed by atoms with Gasteiger partial charge in [0.15, 0.2) is 46.6 Å². The van der Waals surface area contributed by atoms with Gasteiger partial charge >= 0.3 is 6.18 Å². The Morgan fingerprint density at radius 2 is 0.463 bits per heavy atom. The lowest BCUT2D eigenvalue weighted by Crippen LogP contribution is -2.11. The van der Waals surface area contributed by atoms with Crippen LogP contribution in [0, 0.1) is 0 Å². The zero-order valence-electron chi connectivity index (χ0n) is 50.4. The second-order valence-electron chi connectivity index (χ2n) is 22.7. The minimum absolute atomic E-state index is 0.00677. The molecule has 0 aliphatic rings. The van der Waals surface area contributed by atoms with Crippen molar-refractivity contribution in [2.45, 2.75) is 6.18 Å². The maximum absolute atomic E-state index is 16.5. The van der Waals surface area contributed by atoms with Crippen LogP contribution < -0.4 is 0 Å². The third kappa shape index (κ3) is 11.4. The van der Waals surface area contributed by atoms with Crippen molar-refractivity contribution in [3.8, 4) is 142 Å². The molecule has 11 aromatic carbocycles. The van der Waals surface area contributed by atoms with Crippen molar-refractivity contribution in [1.82, 2.24) is 54.4 Å². The Morgan fingerprint density at radius 1 is 0.221 bits per heavy atom. The van der Waals surface area contributed by atoms with Gasteiger partial charge in [0.1, 0.15) is 0 Å². The lowest BCUT2D eigenvalue weighted by Gasteiger charge is -2.21. The van der Waals surface area contributed by atoms with Gasteiger partial charge in [0.05, 0.1) is 45.1 Å². The van der Waals surface area contributed by atoms with Gasteiger partial charge in [0.25, 0.3) is 0 Å². The van der Waals surface area contributed by atoms with Crippen molar-refractivity contribution in [2.75, 3.05) is 0 Å². The summed E-state index contributed by atoms with van der Waals surface area (Å²) in [6, 6.07) is 95.0. The summed E-state index contributed by atoms with van der Waals surface area (Å²) < 4.78 is 51.5. The van der Waals surface area contributed by atoms with E-state index in [1.54, 1.807) is 0 Å². The number of alkyl halides is 3. The Bertz CT molecular complexity index is 4930. The maximum atomic E-state index is 16.5. The highest BCUT2D eigenvalue weighted by Gasteiger charge is 2.35. The molecule has 0 N–H and O–H groups in total. The average Bonchev–Trinajstić information content (AvgIpc) is 1.38. The smallest absolute Gasteiger partial charge is 0.308 e.